The van der Waals surface area contributed by atoms with E-state index in [0.29, 0.717) is 12.8 Å². The molecule has 0 bridgehead atoms. The molecule has 20 heavy (non-hydrogen) atoms. The highest BCUT2D eigenvalue weighted by molar-refractivity contribution is 7.89. The summed E-state index contributed by atoms with van der Waals surface area (Å²) in [5.41, 5.74) is 0. The van der Waals surface area contributed by atoms with Gasteiger partial charge >= 0.3 is 5.97 Å². The van der Waals surface area contributed by atoms with E-state index in [-0.39, 0.29) is 12.8 Å². The Morgan fingerprint density at radius 3 is 2.45 bits per heavy atom. The lowest BCUT2D eigenvalue weighted by molar-refractivity contribution is -0.140. The first-order chi connectivity index (χ1) is 9.05. The van der Waals surface area contributed by atoms with Crippen LogP contribution in [0.5, 0.6) is 0 Å². The van der Waals surface area contributed by atoms with Gasteiger partial charge in [0.25, 0.3) is 5.92 Å². The first kappa shape index (κ1) is 17.3. The molecule has 1 aliphatic rings. The highest BCUT2D eigenvalue weighted by Crippen LogP contribution is 2.39. The molecule has 0 radical (unpaired) electrons. The average molecular weight is 313 g/mol. The van der Waals surface area contributed by atoms with E-state index in [1.54, 1.807) is 13.8 Å². The predicted molar refractivity (Wildman–Crippen MR) is 70.1 cm³/mol. The molecule has 0 aromatic carbocycles. The van der Waals surface area contributed by atoms with E-state index in [2.05, 4.69) is 0 Å². The van der Waals surface area contributed by atoms with Crippen molar-refractivity contribution in [2.45, 2.75) is 51.5 Å². The maximum atomic E-state index is 13.6. The topological polar surface area (TPSA) is 83.5 Å². The monoisotopic (exact) mass is 313 g/mol. The molecule has 5 nitrogen and oxygen atoms in total. The number of carboxylic acids is 1. The Balaban J connectivity index is 2.76. The molecule has 0 aromatic heterocycles. The SMILES string of the molecule is CC(C)[C@H](NS(=O)(=O)CC1CCCCC1(F)F)C(=O)O. The highest BCUT2D eigenvalue weighted by atomic mass is 32.2. The van der Waals surface area contributed by atoms with E-state index in [1.165, 1.54) is 0 Å². The van der Waals surface area contributed by atoms with Gasteiger partial charge < -0.3 is 5.11 Å². The second-order valence-electron chi connectivity index (χ2n) is 5.66. The van der Waals surface area contributed by atoms with Gasteiger partial charge in [-0.2, -0.15) is 0 Å². The number of aliphatic carboxylic acids is 1. The van der Waals surface area contributed by atoms with Crippen LogP contribution in [0.4, 0.5) is 8.78 Å². The van der Waals surface area contributed by atoms with Gasteiger partial charge in [0.15, 0.2) is 0 Å². The van der Waals surface area contributed by atoms with Crippen molar-refractivity contribution in [3.8, 4) is 0 Å². The van der Waals surface area contributed by atoms with Gasteiger partial charge in [0, 0.05) is 12.3 Å². The Kier molecular flexibility index (Phi) is 5.48. The van der Waals surface area contributed by atoms with Crippen LogP contribution in [-0.2, 0) is 14.8 Å². The average Bonchev–Trinajstić information content (AvgIpc) is 2.28. The summed E-state index contributed by atoms with van der Waals surface area (Å²) in [5, 5.41) is 8.94. The fraction of sp³-hybridized carbons (Fsp3) is 0.917. The third-order valence-electron chi connectivity index (χ3n) is 3.57. The standard InChI is InChI=1S/C12H21F2NO4S/c1-8(2)10(11(16)17)15-20(18,19)7-9-5-3-4-6-12(9,13)14/h8-10,15H,3-7H2,1-2H3,(H,16,17)/t9?,10-/m0/s1. The zero-order valence-electron chi connectivity index (χ0n) is 11.6. The largest absolute Gasteiger partial charge is 0.480 e. The van der Waals surface area contributed by atoms with Crippen LogP contribution >= 0.6 is 0 Å². The second-order valence-corrected chi connectivity index (χ2v) is 7.46. The molecule has 0 aromatic rings. The van der Waals surface area contributed by atoms with Crippen LogP contribution in [0.2, 0.25) is 0 Å². The molecule has 1 unspecified atom stereocenters. The molecule has 0 saturated heterocycles. The van der Waals surface area contributed by atoms with Crippen molar-refractivity contribution >= 4 is 16.0 Å². The van der Waals surface area contributed by atoms with Gasteiger partial charge in [0.2, 0.25) is 10.0 Å². The van der Waals surface area contributed by atoms with Crippen molar-refractivity contribution in [3.63, 3.8) is 0 Å². The first-order valence-electron chi connectivity index (χ1n) is 6.66. The summed E-state index contributed by atoms with van der Waals surface area (Å²) in [7, 11) is -4.05. The van der Waals surface area contributed by atoms with Gasteiger partial charge in [-0.25, -0.2) is 21.9 Å². The second kappa shape index (κ2) is 6.34. The van der Waals surface area contributed by atoms with E-state index < -0.39 is 45.5 Å². The number of sulfonamides is 1. The Morgan fingerprint density at radius 2 is 2.00 bits per heavy atom. The van der Waals surface area contributed by atoms with Crippen molar-refractivity contribution in [2.75, 3.05) is 5.75 Å². The Hall–Kier alpha value is -0.760. The predicted octanol–water partition coefficient (Wildman–Crippen LogP) is 1.84. The number of hydrogen-bond acceptors (Lipinski definition) is 3. The van der Waals surface area contributed by atoms with E-state index in [0.717, 1.165) is 0 Å². The van der Waals surface area contributed by atoms with Crippen molar-refractivity contribution in [1.82, 2.24) is 4.72 Å². The van der Waals surface area contributed by atoms with Crippen LogP contribution in [0.25, 0.3) is 0 Å². The quantitative estimate of drug-likeness (QED) is 0.784. The fourth-order valence-electron chi connectivity index (χ4n) is 2.35. The summed E-state index contributed by atoms with van der Waals surface area (Å²) < 4.78 is 53.1. The lowest BCUT2D eigenvalue weighted by atomic mass is 9.87. The van der Waals surface area contributed by atoms with Crippen molar-refractivity contribution in [2.24, 2.45) is 11.8 Å². The minimum atomic E-state index is -4.05. The Labute approximate surface area is 117 Å². The lowest BCUT2D eigenvalue weighted by Crippen LogP contribution is -2.48. The summed E-state index contributed by atoms with van der Waals surface area (Å²) >= 11 is 0. The molecule has 1 fully saturated rings. The molecule has 2 atom stereocenters. The number of alkyl halides is 2. The van der Waals surface area contributed by atoms with Crippen molar-refractivity contribution in [3.05, 3.63) is 0 Å². The summed E-state index contributed by atoms with van der Waals surface area (Å²) in [6.45, 7) is 3.10. The van der Waals surface area contributed by atoms with Gasteiger partial charge in [-0.3, -0.25) is 4.79 Å². The zero-order chi connectivity index (χ0) is 15.6. The molecule has 2 N–H and O–H groups in total. The van der Waals surface area contributed by atoms with Gasteiger partial charge in [-0.15, -0.1) is 0 Å². The fourth-order valence-corrected chi connectivity index (χ4v) is 4.15. The first-order valence-corrected chi connectivity index (χ1v) is 8.31. The van der Waals surface area contributed by atoms with Crippen LogP contribution < -0.4 is 4.72 Å². The Morgan fingerprint density at radius 1 is 1.40 bits per heavy atom. The van der Waals surface area contributed by atoms with E-state index in [4.69, 9.17) is 5.11 Å². The molecule has 1 aliphatic carbocycles. The van der Waals surface area contributed by atoms with Gasteiger partial charge in [0.1, 0.15) is 6.04 Å². The van der Waals surface area contributed by atoms with Crippen LogP contribution in [0.1, 0.15) is 39.5 Å². The molecular weight excluding hydrogens is 292 g/mol. The third-order valence-corrected chi connectivity index (χ3v) is 5.02. The maximum Gasteiger partial charge on any atom is 0.321 e. The normalized spacial score (nSPS) is 24.6. The van der Waals surface area contributed by atoms with E-state index >= 15 is 0 Å². The third kappa shape index (κ3) is 4.66. The number of carboxylic acid groups (broad SMARTS) is 1. The minimum absolute atomic E-state index is 0.146. The molecule has 0 spiro atoms. The summed E-state index contributed by atoms with van der Waals surface area (Å²) in [6.07, 6.45) is 0.802. The summed E-state index contributed by atoms with van der Waals surface area (Å²) in [6, 6.07) is -1.29. The molecule has 0 aliphatic heterocycles. The van der Waals surface area contributed by atoms with Crippen molar-refractivity contribution in [1.29, 1.82) is 0 Å². The Bertz CT molecular complexity index is 450. The summed E-state index contributed by atoms with van der Waals surface area (Å²) in [4.78, 5) is 11.0. The number of carbonyl (C=O) groups is 1. The summed E-state index contributed by atoms with van der Waals surface area (Å²) in [5.74, 6) is -6.73. The molecule has 1 rings (SSSR count). The molecule has 0 heterocycles. The van der Waals surface area contributed by atoms with Gasteiger partial charge in [-0.1, -0.05) is 20.3 Å². The molecule has 1 saturated carbocycles. The van der Waals surface area contributed by atoms with Crippen LogP contribution in [0.3, 0.4) is 0 Å². The van der Waals surface area contributed by atoms with Crippen LogP contribution in [0, 0.1) is 11.8 Å². The zero-order valence-corrected chi connectivity index (χ0v) is 12.4. The van der Waals surface area contributed by atoms with Crippen LogP contribution in [0.15, 0.2) is 0 Å². The highest BCUT2D eigenvalue weighted by Gasteiger charge is 2.44. The molecule has 118 valence electrons. The number of halogens is 2. The number of rotatable bonds is 6. The van der Waals surface area contributed by atoms with Crippen LogP contribution in [-0.4, -0.2) is 37.2 Å². The number of hydrogen-bond donors (Lipinski definition) is 2. The van der Waals surface area contributed by atoms with E-state index in [1.807, 2.05) is 4.72 Å². The smallest absolute Gasteiger partial charge is 0.321 e. The molecular formula is C12H21F2NO4S. The molecule has 8 heteroatoms. The lowest BCUT2D eigenvalue weighted by Gasteiger charge is -2.31. The molecule has 0 amide bonds. The van der Waals surface area contributed by atoms with Gasteiger partial charge in [-0.05, 0) is 18.8 Å². The van der Waals surface area contributed by atoms with Crippen molar-refractivity contribution < 1.29 is 27.1 Å². The van der Waals surface area contributed by atoms with Gasteiger partial charge in [0.05, 0.1) is 5.75 Å². The number of nitrogens with one attached hydrogen (secondary N) is 1. The minimum Gasteiger partial charge on any atom is -0.480 e. The maximum absolute atomic E-state index is 13.6. The van der Waals surface area contributed by atoms with E-state index in [9.17, 15) is 22.0 Å².